The van der Waals surface area contributed by atoms with Crippen molar-refractivity contribution in [3.8, 4) is 0 Å². The molecule has 4 rings (SSSR count). The molecule has 1 aromatic rings. The summed E-state index contributed by atoms with van der Waals surface area (Å²) in [4.78, 5) is 0. The molecule has 3 aliphatic rings. The monoisotopic (exact) mass is 286 g/mol. The van der Waals surface area contributed by atoms with Gasteiger partial charge in [-0.25, -0.2) is 0 Å². The molecule has 2 heteroatoms. The molecule has 1 aliphatic heterocycles. The Hall–Kier alpha value is -0.860. The number of hydrogen-bond donors (Lipinski definition) is 1. The van der Waals surface area contributed by atoms with Crippen LogP contribution in [0.5, 0.6) is 0 Å². The summed E-state index contributed by atoms with van der Waals surface area (Å²) < 4.78 is 6.03. The van der Waals surface area contributed by atoms with Gasteiger partial charge >= 0.3 is 0 Å². The van der Waals surface area contributed by atoms with Gasteiger partial charge in [0.2, 0.25) is 0 Å². The quantitative estimate of drug-likeness (QED) is 0.895. The molecule has 0 amide bonds. The predicted molar refractivity (Wildman–Crippen MR) is 83.4 cm³/mol. The highest BCUT2D eigenvalue weighted by molar-refractivity contribution is 5.33. The second-order valence-electron chi connectivity index (χ2n) is 7.33. The van der Waals surface area contributed by atoms with Crippen LogP contribution in [0.15, 0.2) is 24.3 Å². The normalized spacial score (nSPS) is 32.2. The van der Waals surface area contributed by atoms with Gasteiger partial charge < -0.3 is 9.84 Å². The zero-order chi connectivity index (χ0) is 14.3. The van der Waals surface area contributed by atoms with Crippen molar-refractivity contribution in [1.29, 1.82) is 0 Å². The van der Waals surface area contributed by atoms with E-state index >= 15 is 0 Å². The number of aliphatic hydroxyl groups is 1. The molecular weight excluding hydrogens is 260 g/mol. The lowest BCUT2D eigenvalue weighted by Gasteiger charge is -2.49. The van der Waals surface area contributed by atoms with E-state index in [9.17, 15) is 5.11 Å². The van der Waals surface area contributed by atoms with Crippen LogP contribution in [0.2, 0.25) is 0 Å². The SMILES string of the molecule is OC(C1CCOC2(CCC2)C1)C1CCCc2ccccc21. The number of benzene rings is 1. The average Bonchev–Trinajstić information content (AvgIpc) is 2.52. The van der Waals surface area contributed by atoms with Gasteiger partial charge in [-0.15, -0.1) is 0 Å². The Labute approximate surface area is 127 Å². The van der Waals surface area contributed by atoms with Crippen LogP contribution >= 0.6 is 0 Å². The Kier molecular flexibility index (Phi) is 3.55. The Bertz CT molecular complexity index is 506. The largest absolute Gasteiger partial charge is 0.392 e. The van der Waals surface area contributed by atoms with Gasteiger partial charge in [-0.2, -0.15) is 0 Å². The first-order valence-electron chi connectivity index (χ1n) is 8.67. The van der Waals surface area contributed by atoms with Crippen LogP contribution in [0, 0.1) is 5.92 Å². The van der Waals surface area contributed by atoms with Crippen molar-refractivity contribution in [3.63, 3.8) is 0 Å². The van der Waals surface area contributed by atoms with Crippen LogP contribution in [-0.2, 0) is 11.2 Å². The molecule has 1 saturated carbocycles. The van der Waals surface area contributed by atoms with Crippen molar-refractivity contribution >= 4 is 0 Å². The minimum Gasteiger partial charge on any atom is -0.392 e. The van der Waals surface area contributed by atoms with Gasteiger partial charge in [0.25, 0.3) is 0 Å². The number of fused-ring (bicyclic) bond motifs is 1. The lowest BCUT2D eigenvalue weighted by atomic mass is 9.67. The van der Waals surface area contributed by atoms with E-state index in [4.69, 9.17) is 4.74 Å². The molecule has 3 atom stereocenters. The van der Waals surface area contributed by atoms with Crippen molar-refractivity contribution in [2.75, 3.05) is 6.61 Å². The predicted octanol–water partition coefficient (Wildman–Crippen LogP) is 3.82. The summed E-state index contributed by atoms with van der Waals surface area (Å²) in [6, 6.07) is 8.74. The van der Waals surface area contributed by atoms with Crippen molar-refractivity contribution < 1.29 is 9.84 Å². The zero-order valence-corrected chi connectivity index (χ0v) is 12.8. The summed E-state index contributed by atoms with van der Waals surface area (Å²) in [7, 11) is 0. The number of hydrogen-bond acceptors (Lipinski definition) is 2. The third-order valence-corrected chi connectivity index (χ3v) is 6.11. The van der Waals surface area contributed by atoms with E-state index in [0.29, 0.717) is 11.8 Å². The first kappa shape index (κ1) is 13.8. The van der Waals surface area contributed by atoms with Crippen LogP contribution in [0.1, 0.15) is 62.0 Å². The summed E-state index contributed by atoms with van der Waals surface area (Å²) in [5.41, 5.74) is 3.00. The molecular formula is C19H26O2. The molecule has 0 bridgehead atoms. The summed E-state index contributed by atoms with van der Waals surface area (Å²) >= 11 is 0. The van der Waals surface area contributed by atoms with Crippen molar-refractivity contribution in [2.24, 2.45) is 5.92 Å². The Morgan fingerprint density at radius 3 is 2.81 bits per heavy atom. The topological polar surface area (TPSA) is 29.5 Å². The lowest BCUT2D eigenvalue weighted by molar-refractivity contribution is -0.159. The van der Waals surface area contributed by atoms with Crippen molar-refractivity contribution in [3.05, 3.63) is 35.4 Å². The van der Waals surface area contributed by atoms with Gasteiger partial charge in [-0.1, -0.05) is 24.3 Å². The molecule has 21 heavy (non-hydrogen) atoms. The number of aryl methyl sites for hydroxylation is 1. The van der Waals surface area contributed by atoms with Crippen LogP contribution in [0.25, 0.3) is 0 Å². The van der Waals surface area contributed by atoms with Gasteiger partial charge in [-0.3, -0.25) is 0 Å². The third kappa shape index (κ3) is 2.43. The number of rotatable bonds is 2. The van der Waals surface area contributed by atoms with E-state index in [0.717, 1.165) is 25.9 Å². The Balaban J connectivity index is 1.53. The van der Waals surface area contributed by atoms with Crippen LogP contribution in [0.4, 0.5) is 0 Å². The van der Waals surface area contributed by atoms with Gasteiger partial charge in [0.05, 0.1) is 11.7 Å². The maximum atomic E-state index is 11.0. The van der Waals surface area contributed by atoms with Crippen LogP contribution < -0.4 is 0 Å². The van der Waals surface area contributed by atoms with Gasteiger partial charge in [-0.05, 0) is 68.4 Å². The summed E-state index contributed by atoms with van der Waals surface area (Å²) in [5.74, 6) is 0.769. The van der Waals surface area contributed by atoms with Crippen molar-refractivity contribution in [2.45, 2.75) is 69.0 Å². The summed E-state index contributed by atoms with van der Waals surface area (Å²) in [6.07, 6.45) is 9.17. The summed E-state index contributed by atoms with van der Waals surface area (Å²) in [6.45, 7) is 0.843. The summed E-state index contributed by atoms with van der Waals surface area (Å²) in [5, 5.41) is 11.0. The highest BCUT2D eigenvalue weighted by Gasteiger charge is 2.45. The average molecular weight is 286 g/mol. The molecule has 1 aromatic carbocycles. The fourth-order valence-corrected chi connectivity index (χ4v) is 4.75. The van der Waals surface area contributed by atoms with E-state index in [2.05, 4.69) is 24.3 Å². The molecule has 114 valence electrons. The molecule has 2 aliphatic carbocycles. The second kappa shape index (κ2) is 5.40. The molecule has 1 saturated heterocycles. The highest BCUT2D eigenvalue weighted by atomic mass is 16.5. The van der Waals surface area contributed by atoms with E-state index in [1.807, 2.05) is 0 Å². The second-order valence-corrected chi connectivity index (χ2v) is 7.33. The number of ether oxygens (including phenoxy) is 1. The Morgan fingerprint density at radius 1 is 1.14 bits per heavy atom. The fraction of sp³-hybridized carbons (Fsp3) is 0.684. The van der Waals surface area contributed by atoms with E-state index in [1.165, 1.54) is 43.2 Å². The minimum atomic E-state index is -0.187. The highest BCUT2D eigenvalue weighted by Crippen LogP contribution is 2.47. The van der Waals surface area contributed by atoms with Crippen LogP contribution in [-0.4, -0.2) is 23.4 Å². The maximum Gasteiger partial charge on any atom is 0.0686 e. The maximum absolute atomic E-state index is 11.0. The first-order chi connectivity index (χ1) is 10.3. The number of aliphatic hydroxyl groups excluding tert-OH is 1. The van der Waals surface area contributed by atoms with E-state index in [1.54, 1.807) is 0 Å². The third-order valence-electron chi connectivity index (χ3n) is 6.11. The molecule has 2 nitrogen and oxygen atoms in total. The molecule has 1 N–H and O–H groups in total. The van der Waals surface area contributed by atoms with Crippen molar-refractivity contribution in [1.82, 2.24) is 0 Å². The molecule has 0 aromatic heterocycles. The fourth-order valence-electron chi connectivity index (χ4n) is 4.75. The van der Waals surface area contributed by atoms with Gasteiger partial charge in [0, 0.05) is 12.5 Å². The van der Waals surface area contributed by atoms with Crippen LogP contribution in [0.3, 0.4) is 0 Å². The molecule has 3 unspecified atom stereocenters. The van der Waals surface area contributed by atoms with E-state index in [-0.39, 0.29) is 11.7 Å². The first-order valence-corrected chi connectivity index (χ1v) is 8.67. The molecule has 1 spiro atoms. The minimum absolute atomic E-state index is 0.137. The molecule has 1 heterocycles. The molecule has 0 radical (unpaired) electrons. The smallest absolute Gasteiger partial charge is 0.0686 e. The standard InChI is InChI=1S/C19H26O2/c20-18(15-9-12-21-19(13-15)10-4-11-19)17-8-3-6-14-5-1-2-7-16(14)17/h1-2,5,7,15,17-18,20H,3-4,6,8-13H2. The zero-order valence-electron chi connectivity index (χ0n) is 12.8. The molecule has 2 fully saturated rings. The van der Waals surface area contributed by atoms with Gasteiger partial charge in [0.15, 0.2) is 0 Å². The van der Waals surface area contributed by atoms with Gasteiger partial charge in [0.1, 0.15) is 0 Å². The van der Waals surface area contributed by atoms with E-state index < -0.39 is 0 Å². The lowest BCUT2D eigenvalue weighted by Crippen LogP contribution is -2.48. The Morgan fingerprint density at radius 2 is 2.00 bits per heavy atom.